The number of allylic oxidation sites excluding steroid dienone is 17. The molecule has 0 aromatic carbocycles. The lowest BCUT2D eigenvalue weighted by Crippen LogP contribution is -2.58. The Morgan fingerprint density at radius 3 is 2.12 bits per heavy atom. The Balaban J connectivity index is 0.850. The van der Waals surface area contributed by atoms with Gasteiger partial charge < -0.3 is 10.6 Å². The first-order chi connectivity index (χ1) is 32.7. The van der Waals surface area contributed by atoms with Crippen LogP contribution < -0.4 is 21.3 Å². The molecule has 0 saturated heterocycles. The third-order valence-corrected chi connectivity index (χ3v) is 17.4. The Hall–Kier alpha value is -4.26. The number of nitrogens with zero attached hydrogens (tertiary/aromatic N) is 2. The highest BCUT2D eigenvalue weighted by atomic mass is 15.3. The first kappa shape index (κ1) is 44.3. The number of rotatable bonds is 10. The average molecular weight is 883 g/mol. The second-order valence-electron chi connectivity index (χ2n) is 21.8. The predicted octanol–water partition coefficient (Wildman–Crippen LogP) is 13.1. The molecule has 9 aliphatic carbocycles. The molecule has 0 aromatic rings. The molecule has 6 heteroatoms. The van der Waals surface area contributed by atoms with E-state index < -0.39 is 0 Å². The molecule has 2 heterocycles. The van der Waals surface area contributed by atoms with Crippen LogP contribution >= 0.6 is 0 Å². The van der Waals surface area contributed by atoms with E-state index in [1.165, 1.54) is 125 Å². The lowest BCUT2D eigenvalue weighted by Gasteiger charge is -2.42. The van der Waals surface area contributed by atoms with Crippen molar-refractivity contribution in [3.05, 3.63) is 142 Å². The average Bonchev–Trinajstić information content (AvgIpc) is 3.42. The van der Waals surface area contributed by atoms with Crippen molar-refractivity contribution in [3.63, 3.8) is 0 Å². The molecule has 348 valence electrons. The Labute approximate surface area is 397 Å². The molecule has 11 unspecified atom stereocenters. The molecule has 0 bridgehead atoms. The molecule has 0 aromatic heterocycles. The van der Waals surface area contributed by atoms with E-state index in [9.17, 15) is 0 Å². The highest BCUT2D eigenvalue weighted by Crippen LogP contribution is 2.44. The molecule has 6 nitrogen and oxygen atoms in total. The summed E-state index contributed by atoms with van der Waals surface area (Å²) in [6.07, 6.45) is 70.2. The Morgan fingerprint density at radius 2 is 1.33 bits per heavy atom. The van der Waals surface area contributed by atoms with Gasteiger partial charge in [-0.3, -0.25) is 10.6 Å². The monoisotopic (exact) mass is 883 g/mol. The van der Waals surface area contributed by atoms with Gasteiger partial charge in [-0.2, -0.15) is 0 Å². The van der Waals surface area contributed by atoms with Gasteiger partial charge in [-0.15, -0.1) is 0 Å². The van der Waals surface area contributed by atoms with Crippen LogP contribution in [0.5, 0.6) is 0 Å². The largest absolute Gasteiger partial charge is 0.354 e. The fraction of sp³-hybridized carbons (Fsp3) is 0.567. The van der Waals surface area contributed by atoms with Crippen molar-refractivity contribution in [2.24, 2.45) is 51.4 Å². The zero-order valence-electron chi connectivity index (χ0n) is 39.8. The molecule has 66 heavy (non-hydrogen) atoms. The van der Waals surface area contributed by atoms with E-state index in [0.717, 1.165) is 56.6 Å². The summed E-state index contributed by atoms with van der Waals surface area (Å²) < 4.78 is 0. The van der Waals surface area contributed by atoms with Crippen molar-refractivity contribution in [2.45, 2.75) is 172 Å². The Bertz CT molecular complexity index is 2250. The maximum absolute atomic E-state index is 5.56. The van der Waals surface area contributed by atoms with Gasteiger partial charge in [0.2, 0.25) is 0 Å². The van der Waals surface area contributed by atoms with E-state index in [0.29, 0.717) is 41.4 Å². The number of hydrogen-bond acceptors (Lipinski definition) is 6. The molecule has 0 spiro atoms. The van der Waals surface area contributed by atoms with Gasteiger partial charge in [0.15, 0.2) is 0 Å². The fourth-order valence-corrected chi connectivity index (χ4v) is 13.5. The van der Waals surface area contributed by atoms with Crippen molar-refractivity contribution >= 4 is 11.7 Å². The summed E-state index contributed by atoms with van der Waals surface area (Å²) in [6, 6.07) is 0. The van der Waals surface area contributed by atoms with E-state index >= 15 is 0 Å². The molecule has 11 aliphatic rings. The van der Waals surface area contributed by atoms with Crippen molar-refractivity contribution in [2.75, 3.05) is 0 Å². The first-order valence-electron chi connectivity index (χ1n) is 27.1. The van der Waals surface area contributed by atoms with Gasteiger partial charge in [-0.1, -0.05) is 121 Å². The molecule has 0 radical (unpaired) electrons. The van der Waals surface area contributed by atoms with E-state index in [-0.39, 0.29) is 24.7 Å². The molecular weight excluding hydrogens is 805 g/mol. The van der Waals surface area contributed by atoms with Gasteiger partial charge in [-0.05, 0) is 205 Å². The summed E-state index contributed by atoms with van der Waals surface area (Å²) in [4.78, 5) is 10.9. The van der Waals surface area contributed by atoms with Crippen LogP contribution in [0.3, 0.4) is 0 Å². The quantitative estimate of drug-likeness (QED) is 0.165. The number of nitrogens with one attached hydrogen (secondary N) is 4. The maximum Gasteiger partial charge on any atom is 0.131 e. The highest BCUT2D eigenvalue weighted by molar-refractivity contribution is 6.02. The predicted molar refractivity (Wildman–Crippen MR) is 275 cm³/mol. The number of amidine groups is 2. The minimum absolute atomic E-state index is 0.0381. The van der Waals surface area contributed by atoms with E-state index in [1.807, 2.05) is 0 Å². The van der Waals surface area contributed by atoms with E-state index in [2.05, 4.69) is 125 Å². The second kappa shape index (κ2) is 20.9. The standard InChI is InChI=1S/C60H78N6/c1-6-19-41(20-7-1)46-29-17-33-50(36-46)59-64-57(45-27-14-5-15-28-45)65-60(66-59)54-39-52(42-21-8-2-9-22-42)38-53(40-54)49-32-16-30-47(35-49)48-31-18-34-51(37-48)58-62-55(43-23-10-3-11-24-43)61-56(63-58)44-25-12-4-13-26-44/h1-2,5-6,8,10,14,16,23-25,30,33,35-36,39-42,45,48-49,51,53,55,57-58,60,62,65H,3-4,7,9,11-13,15,17-22,26-29,31-32,34,37-38H2,(H,61,63)(H,64,66). The SMILES string of the molecule is C1=CC(C2N=C(C3=CCCCC3)NC(C3CCCC(C4=CC(C5C=C(C6NC(C7=CCCC(C8CC=CCC8)=C7)=NC(C7CC=CCC7)N6)C=C(C6CC=CCC6)C5)CC=C4)C3)N2)=CCC1. The first-order valence-corrected chi connectivity index (χ1v) is 27.1. The summed E-state index contributed by atoms with van der Waals surface area (Å²) >= 11 is 0. The lowest BCUT2D eigenvalue weighted by molar-refractivity contribution is 0.207. The van der Waals surface area contributed by atoms with Crippen molar-refractivity contribution in [3.8, 4) is 0 Å². The van der Waals surface area contributed by atoms with Gasteiger partial charge in [0.1, 0.15) is 30.2 Å². The molecule has 0 amide bonds. The molecule has 1 saturated carbocycles. The van der Waals surface area contributed by atoms with Crippen LogP contribution in [0.15, 0.2) is 152 Å². The topological polar surface area (TPSA) is 72.8 Å². The zero-order chi connectivity index (χ0) is 44.1. The normalized spacial score (nSPS) is 37.1. The molecular formula is C60H78N6. The summed E-state index contributed by atoms with van der Waals surface area (Å²) in [6.45, 7) is 0. The Morgan fingerprint density at radius 1 is 0.500 bits per heavy atom. The third kappa shape index (κ3) is 10.3. The van der Waals surface area contributed by atoms with Gasteiger partial charge >= 0.3 is 0 Å². The lowest BCUT2D eigenvalue weighted by atomic mass is 9.70. The highest BCUT2D eigenvalue weighted by Gasteiger charge is 2.38. The van der Waals surface area contributed by atoms with E-state index in [1.54, 1.807) is 16.7 Å². The molecule has 1 fully saturated rings. The van der Waals surface area contributed by atoms with Gasteiger partial charge in [0.05, 0.1) is 6.17 Å². The molecule has 11 rings (SSSR count). The summed E-state index contributed by atoms with van der Waals surface area (Å²) in [5.41, 5.74) is 10.5. The zero-order valence-corrected chi connectivity index (χ0v) is 39.8. The minimum Gasteiger partial charge on any atom is -0.354 e. The summed E-state index contributed by atoms with van der Waals surface area (Å²) in [5, 5.41) is 16.3. The molecule has 11 atom stereocenters. The Kier molecular flexibility index (Phi) is 14.0. The van der Waals surface area contributed by atoms with Crippen molar-refractivity contribution < 1.29 is 0 Å². The third-order valence-electron chi connectivity index (χ3n) is 17.4. The molecule has 4 N–H and O–H groups in total. The number of hydrogen-bond donors (Lipinski definition) is 4. The van der Waals surface area contributed by atoms with E-state index in [4.69, 9.17) is 9.98 Å². The van der Waals surface area contributed by atoms with Crippen LogP contribution in [0.25, 0.3) is 0 Å². The summed E-state index contributed by atoms with van der Waals surface area (Å²) in [5.74, 6) is 6.25. The van der Waals surface area contributed by atoms with Crippen molar-refractivity contribution in [1.82, 2.24) is 21.3 Å². The van der Waals surface area contributed by atoms with Crippen molar-refractivity contribution in [1.29, 1.82) is 0 Å². The maximum atomic E-state index is 5.56. The van der Waals surface area contributed by atoms with Gasteiger partial charge in [0.25, 0.3) is 0 Å². The van der Waals surface area contributed by atoms with Crippen LogP contribution in [0.2, 0.25) is 0 Å². The van der Waals surface area contributed by atoms with Crippen LogP contribution in [0.1, 0.15) is 148 Å². The van der Waals surface area contributed by atoms with Crippen LogP contribution in [-0.4, -0.2) is 36.3 Å². The van der Waals surface area contributed by atoms with Crippen LogP contribution in [-0.2, 0) is 0 Å². The summed E-state index contributed by atoms with van der Waals surface area (Å²) in [7, 11) is 0. The smallest absolute Gasteiger partial charge is 0.131 e. The number of aliphatic imine (C=N–C) groups is 2. The minimum atomic E-state index is 0.0381. The molecule has 2 aliphatic heterocycles. The van der Waals surface area contributed by atoms with Gasteiger partial charge in [0, 0.05) is 5.57 Å². The fourth-order valence-electron chi connectivity index (χ4n) is 13.5. The van der Waals surface area contributed by atoms with Crippen LogP contribution in [0, 0.1) is 41.4 Å². The second-order valence-corrected chi connectivity index (χ2v) is 21.8. The van der Waals surface area contributed by atoms with Gasteiger partial charge in [-0.25, -0.2) is 9.98 Å². The van der Waals surface area contributed by atoms with Crippen LogP contribution in [0.4, 0.5) is 0 Å².